The van der Waals surface area contributed by atoms with Crippen LogP contribution < -0.4 is 0 Å². The fourth-order valence-electron chi connectivity index (χ4n) is 1.32. The van der Waals surface area contributed by atoms with Crippen LogP contribution in [0.2, 0.25) is 0 Å². The van der Waals surface area contributed by atoms with Gasteiger partial charge < -0.3 is 9.64 Å². The predicted molar refractivity (Wildman–Crippen MR) is 59.6 cm³/mol. The average Bonchev–Trinajstić information content (AvgIpc) is 2.32. The lowest BCUT2D eigenvalue weighted by molar-refractivity contribution is 0.114. The molecular weight excluding hydrogens is 223 g/mol. The number of hydrogen-bond acceptors (Lipinski definition) is 3. The van der Waals surface area contributed by atoms with Crippen LogP contribution in [0.25, 0.3) is 0 Å². The van der Waals surface area contributed by atoms with Crippen LogP contribution in [0, 0.1) is 17.1 Å². The van der Waals surface area contributed by atoms with Gasteiger partial charge in [0.25, 0.3) is 0 Å². The Kier molecular flexibility index (Phi) is 4.46. The van der Waals surface area contributed by atoms with Gasteiger partial charge in [-0.3, -0.25) is 0 Å². The summed E-state index contributed by atoms with van der Waals surface area (Å²) < 4.78 is 18.2. The number of rotatable bonds is 3. The summed E-state index contributed by atoms with van der Waals surface area (Å²) in [6.45, 7) is 2.03. The fourth-order valence-corrected chi connectivity index (χ4v) is 1.32. The molecule has 0 aliphatic heterocycles. The first-order chi connectivity index (χ1) is 8.08. The van der Waals surface area contributed by atoms with Crippen molar-refractivity contribution < 1.29 is 13.9 Å². The number of carbonyl (C=O) groups excluding carboxylic acids is 1. The summed E-state index contributed by atoms with van der Waals surface area (Å²) in [5, 5.41) is 8.70. The first kappa shape index (κ1) is 13.0. The van der Waals surface area contributed by atoms with E-state index in [9.17, 15) is 9.18 Å². The van der Waals surface area contributed by atoms with E-state index in [2.05, 4.69) is 0 Å². The number of nitriles is 1. The maximum absolute atomic E-state index is 13.4. The number of halogens is 1. The summed E-state index contributed by atoms with van der Waals surface area (Å²) in [5.41, 5.74) is 0.651. The third-order valence-electron chi connectivity index (χ3n) is 2.16. The van der Waals surface area contributed by atoms with E-state index in [-0.39, 0.29) is 13.2 Å². The molecule has 0 radical (unpaired) electrons. The van der Waals surface area contributed by atoms with Crippen molar-refractivity contribution in [2.45, 2.75) is 13.5 Å². The van der Waals surface area contributed by atoms with Crippen LogP contribution in [0.5, 0.6) is 0 Å². The topological polar surface area (TPSA) is 53.3 Å². The van der Waals surface area contributed by atoms with Gasteiger partial charge in [0, 0.05) is 12.6 Å². The molecule has 0 aromatic heterocycles. The van der Waals surface area contributed by atoms with E-state index in [0.717, 1.165) is 0 Å². The molecule has 0 saturated carbocycles. The van der Waals surface area contributed by atoms with Crippen LogP contribution in [0.4, 0.5) is 9.18 Å². The second-order valence-corrected chi connectivity index (χ2v) is 3.47. The standard InChI is InChI=1S/C12H13FN2O2/c1-3-17-12(16)15(2)8-10-6-9(7-14)4-5-11(10)13/h4-6H,3,8H2,1-2H3. The summed E-state index contributed by atoms with van der Waals surface area (Å²) in [6.07, 6.45) is -0.519. The van der Waals surface area contributed by atoms with Gasteiger partial charge in [-0.1, -0.05) is 0 Å². The first-order valence-electron chi connectivity index (χ1n) is 5.15. The third kappa shape index (κ3) is 3.45. The molecule has 90 valence electrons. The highest BCUT2D eigenvalue weighted by Gasteiger charge is 2.12. The minimum absolute atomic E-state index is 0.0696. The Bertz CT molecular complexity index is 454. The van der Waals surface area contributed by atoms with E-state index < -0.39 is 11.9 Å². The molecule has 1 rings (SSSR count). The van der Waals surface area contributed by atoms with Gasteiger partial charge in [-0.2, -0.15) is 5.26 Å². The molecule has 1 amide bonds. The third-order valence-corrected chi connectivity index (χ3v) is 2.16. The molecule has 0 heterocycles. The molecule has 0 unspecified atom stereocenters. The Morgan fingerprint density at radius 3 is 2.88 bits per heavy atom. The average molecular weight is 236 g/mol. The molecule has 17 heavy (non-hydrogen) atoms. The molecule has 0 N–H and O–H groups in total. The smallest absolute Gasteiger partial charge is 0.409 e. The van der Waals surface area contributed by atoms with E-state index in [1.165, 1.54) is 30.1 Å². The normalized spacial score (nSPS) is 9.53. The first-order valence-corrected chi connectivity index (χ1v) is 5.15. The Morgan fingerprint density at radius 2 is 2.29 bits per heavy atom. The van der Waals surface area contributed by atoms with Crippen molar-refractivity contribution >= 4 is 6.09 Å². The number of hydrogen-bond donors (Lipinski definition) is 0. The van der Waals surface area contributed by atoms with E-state index in [4.69, 9.17) is 10.00 Å². The zero-order chi connectivity index (χ0) is 12.8. The summed E-state index contributed by atoms with van der Waals surface area (Å²) in [4.78, 5) is 12.6. The Labute approximate surface area is 99.2 Å². The molecular formula is C12H13FN2O2. The zero-order valence-electron chi connectivity index (χ0n) is 9.74. The van der Waals surface area contributed by atoms with Crippen LogP contribution >= 0.6 is 0 Å². The van der Waals surface area contributed by atoms with Gasteiger partial charge in [-0.25, -0.2) is 9.18 Å². The lowest BCUT2D eigenvalue weighted by Gasteiger charge is -2.16. The van der Waals surface area contributed by atoms with Crippen molar-refractivity contribution in [2.24, 2.45) is 0 Å². The molecule has 0 bridgehead atoms. The van der Waals surface area contributed by atoms with Gasteiger partial charge in [0.15, 0.2) is 0 Å². The van der Waals surface area contributed by atoms with Crippen molar-refractivity contribution in [1.82, 2.24) is 4.90 Å². The summed E-state index contributed by atoms with van der Waals surface area (Å²) in [5.74, 6) is -0.444. The summed E-state index contributed by atoms with van der Waals surface area (Å²) >= 11 is 0. The predicted octanol–water partition coefficient (Wildman–Crippen LogP) is 2.29. The highest BCUT2D eigenvalue weighted by Crippen LogP contribution is 2.12. The number of carbonyl (C=O) groups is 1. The van der Waals surface area contributed by atoms with Crippen LogP contribution in [0.1, 0.15) is 18.1 Å². The number of amides is 1. The molecule has 0 saturated heterocycles. The van der Waals surface area contributed by atoms with Crippen molar-refractivity contribution in [3.8, 4) is 6.07 Å². The van der Waals surface area contributed by atoms with Crippen LogP contribution in [0.15, 0.2) is 18.2 Å². The summed E-state index contributed by atoms with van der Waals surface area (Å²) in [6, 6.07) is 5.95. The largest absolute Gasteiger partial charge is 0.450 e. The molecule has 1 aromatic carbocycles. The van der Waals surface area contributed by atoms with Crippen LogP contribution in [0.3, 0.4) is 0 Å². The number of nitrogens with zero attached hydrogens (tertiary/aromatic N) is 2. The lowest BCUT2D eigenvalue weighted by Crippen LogP contribution is -2.27. The van der Waals surface area contributed by atoms with Gasteiger partial charge in [0.1, 0.15) is 5.82 Å². The highest BCUT2D eigenvalue weighted by atomic mass is 19.1. The lowest BCUT2D eigenvalue weighted by atomic mass is 10.1. The molecule has 0 atom stereocenters. The number of ether oxygens (including phenoxy) is 1. The van der Waals surface area contributed by atoms with Gasteiger partial charge in [-0.15, -0.1) is 0 Å². The number of benzene rings is 1. The molecule has 4 nitrogen and oxygen atoms in total. The molecule has 0 fully saturated rings. The fraction of sp³-hybridized carbons (Fsp3) is 0.333. The molecule has 1 aromatic rings. The van der Waals surface area contributed by atoms with E-state index in [1.54, 1.807) is 6.92 Å². The maximum Gasteiger partial charge on any atom is 0.409 e. The molecule has 0 spiro atoms. The van der Waals surface area contributed by atoms with Gasteiger partial charge in [0.2, 0.25) is 0 Å². The van der Waals surface area contributed by atoms with Gasteiger partial charge >= 0.3 is 6.09 Å². The van der Waals surface area contributed by atoms with E-state index in [0.29, 0.717) is 11.1 Å². The van der Waals surface area contributed by atoms with Gasteiger partial charge in [0.05, 0.1) is 24.8 Å². The quantitative estimate of drug-likeness (QED) is 0.809. The van der Waals surface area contributed by atoms with Crippen LogP contribution in [-0.4, -0.2) is 24.6 Å². The van der Waals surface area contributed by atoms with Crippen molar-refractivity contribution in [3.63, 3.8) is 0 Å². The summed E-state index contributed by atoms with van der Waals surface area (Å²) in [7, 11) is 1.51. The van der Waals surface area contributed by atoms with Crippen molar-refractivity contribution in [1.29, 1.82) is 5.26 Å². The van der Waals surface area contributed by atoms with E-state index in [1.807, 2.05) is 6.07 Å². The second-order valence-electron chi connectivity index (χ2n) is 3.47. The van der Waals surface area contributed by atoms with Crippen molar-refractivity contribution in [2.75, 3.05) is 13.7 Å². The van der Waals surface area contributed by atoms with E-state index >= 15 is 0 Å². The molecule has 0 aliphatic carbocycles. The SMILES string of the molecule is CCOC(=O)N(C)Cc1cc(C#N)ccc1F. The zero-order valence-corrected chi connectivity index (χ0v) is 9.74. The van der Waals surface area contributed by atoms with Gasteiger partial charge in [-0.05, 0) is 25.1 Å². The Hall–Kier alpha value is -2.09. The minimum Gasteiger partial charge on any atom is -0.450 e. The molecule has 5 heteroatoms. The van der Waals surface area contributed by atoms with Crippen LogP contribution in [-0.2, 0) is 11.3 Å². The minimum atomic E-state index is -0.519. The second kappa shape index (κ2) is 5.85. The monoisotopic (exact) mass is 236 g/mol. The Balaban J connectivity index is 2.81. The molecule has 0 aliphatic rings. The Morgan fingerprint density at radius 1 is 1.59 bits per heavy atom. The maximum atomic E-state index is 13.4. The van der Waals surface area contributed by atoms with Crippen molar-refractivity contribution in [3.05, 3.63) is 35.1 Å². The highest BCUT2D eigenvalue weighted by molar-refractivity contribution is 5.67.